The van der Waals surface area contributed by atoms with Gasteiger partial charge in [-0.15, -0.1) is 11.3 Å². The quantitative estimate of drug-likeness (QED) is 0.620. The number of carbonyl (C=O) groups is 2. The molecule has 2 aromatic rings. The first-order valence-electron chi connectivity index (χ1n) is 9.59. The number of thiophene rings is 1. The van der Waals surface area contributed by atoms with Gasteiger partial charge in [0.05, 0.1) is 12.2 Å². The van der Waals surface area contributed by atoms with Gasteiger partial charge in [-0.2, -0.15) is 0 Å². The molecule has 28 heavy (non-hydrogen) atoms. The standard InChI is InChI=1S/C22H26ClNO3S/c1-5-27-21(26)18-16-11-8-14(22(2,3)4)12-17(16)28-20(18)24-19(25)13-6-9-15(23)10-7-13/h6-7,9-10,14H,5,8,11-12H2,1-4H3,(H,24,25)/t14-/m0/s1. The zero-order chi connectivity index (χ0) is 20.5. The van der Waals surface area contributed by atoms with Gasteiger partial charge >= 0.3 is 5.97 Å². The fraction of sp³-hybridized carbons (Fsp3) is 0.455. The smallest absolute Gasteiger partial charge is 0.341 e. The van der Waals surface area contributed by atoms with E-state index in [1.54, 1.807) is 31.2 Å². The third-order valence-electron chi connectivity index (χ3n) is 5.30. The Morgan fingerprint density at radius 3 is 2.54 bits per heavy atom. The maximum absolute atomic E-state index is 12.7. The monoisotopic (exact) mass is 419 g/mol. The Morgan fingerprint density at radius 1 is 1.25 bits per heavy atom. The predicted octanol–water partition coefficient (Wildman–Crippen LogP) is 5.98. The van der Waals surface area contributed by atoms with Gasteiger partial charge in [0.15, 0.2) is 0 Å². The van der Waals surface area contributed by atoms with Gasteiger partial charge in [0, 0.05) is 15.5 Å². The summed E-state index contributed by atoms with van der Waals surface area (Å²) in [6, 6.07) is 6.70. The molecule has 1 heterocycles. The molecule has 1 aromatic carbocycles. The maximum atomic E-state index is 12.7. The van der Waals surface area contributed by atoms with Crippen LogP contribution in [0.3, 0.4) is 0 Å². The second-order valence-electron chi connectivity index (χ2n) is 8.20. The van der Waals surface area contributed by atoms with Crippen LogP contribution < -0.4 is 5.32 Å². The highest BCUT2D eigenvalue weighted by Gasteiger charge is 2.34. The van der Waals surface area contributed by atoms with Crippen molar-refractivity contribution in [3.8, 4) is 0 Å². The molecule has 1 amide bonds. The lowest BCUT2D eigenvalue weighted by molar-refractivity contribution is 0.0526. The molecule has 1 N–H and O–H groups in total. The molecule has 1 atom stereocenters. The fourth-order valence-corrected chi connectivity index (χ4v) is 5.05. The van der Waals surface area contributed by atoms with Crippen LogP contribution in [0.4, 0.5) is 5.00 Å². The molecule has 4 nitrogen and oxygen atoms in total. The van der Waals surface area contributed by atoms with Gasteiger partial charge in [-0.1, -0.05) is 32.4 Å². The minimum absolute atomic E-state index is 0.207. The normalized spacial score (nSPS) is 16.4. The molecule has 0 saturated heterocycles. The second-order valence-corrected chi connectivity index (χ2v) is 9.74. The molecule has 0 unspecified atom stereocenters. The van der Waals surface area contributed by atoms with Crippen molar-refractivity contribution in [1.82, 2.24) is 0 Å². The first kappa shape index (κ1) is 20.9. The second kappa shape index (κ2) is 8.26. The van der Waals surface area contributed by atoms with Crippen LogP contribution in [-0.4, -0.2) is 18.5 Å². The highest BCUT2D eigenvalue weighted by atomic mass is 35.5. The molecule has 0 radical (unpaired) electrons. The average molecular weight is 420 g/mol. The number of anilines is 1. The minimum atomic E-state index is -0.361. The highest BCUT2D eigenvalue weighted by molar-refractivity contribution is 7.17. The van der Waals surface area contributed by atoms with Crippen LogP contribution in [-0.2, 0) is 17.6 Å². The van der Waals surface area contributed by atoms with E-state index < -0.39 is 0 Å². The number of hydrogen-bond donors (Lipinski definition) is 1. The van der Waals surface area contributed by atoms with E-state index in [2.05, 4.69) is 26.1 Å². The third-order valence-corrected chi connectivity index (χ3v) is 6.72. The first-order valence-corrected chi connectivity index (χ1v) is 10.8. The van der Waals surface area contributed by atoms with Crippen molar-refractivity contribution in [3.05, 3.63) is 50.9 Å². The molecule has 0 spiro atoms. The fourth-order valence-electron chi connectivity index (χ4n) is 3.61. The van der Waals surface area contributed by atoms with E-state index in [1.807, 2.05) is 0 Å². The third kappa shape index (κ3) is 4.41. The summed E-state index contributed by atoms with van der Waals surface area (Å²) in [5, 5.41) is 4.09. The van der Waals surface area contributed by atoms with Gasteiger partial charge < -0.3 is 10.1 Å². The summed E-state index contributed by atoms with van der Waals surface area (Å²) in [7, 11) is 0. The molecule has 3 rings (SSSR count). The molecule has 0 aliphatic heterocycles. The van der Waals surface area contributed by atoms with Crippen molar-refractivity contribution in [1.29, 1.82) is 0 Å². The summed E-state index contributed by atoms with van der Waals surface area (Å²) in [6.45, 7) is 8.86. The van der Waals surface area contributed by atoms with Gasteiger partial charge in [0.25, 0.3) is 5.91 Å². The Bertz CT molecular complexity index is 880. The van der Waals surface area contributed by atoms with E-state index in [1.165, 1.54) is 16.2 Å². The zero-order valence-electron chi connectivity index (χ0n) is 16.7. The lowest BCUT2D eigenvalue weighted by Gasteiger charge is -2.33. The highest BCUT2D eigenvalue weighted by Crippen LogP contribution is 2.44. The van der Waals surface area contributed by atoms with Crippen molar-refractivity contribution < 1.29 is 14.3 Å². The van der Waals surface area contributed by atoms with Crippen LogP contribution in [0.25, 0.3) is 0 Å². The number of esters is 1. The summed E-state index contributed by atoms with van der Waals surface area (Å²) in [6.07, 6.45) is 2.79. The molecule has 1 aromatic heterocycles. The number of ether oxygens (including phenoxy) is 1. The molecular formula is C22H26ClNO3S. The molecule has 150 valence electrons. The van der Waals surface area contributed by atoms with Crippen molar-refractivity contribution in [3.63, 3.8) is 0 Å². The van der Waals surface area contributed by atoms with E-state index in [4.69, 9.17) is 16.3 Å². The topological polar surface area (TPSA) is 55.4 Å². The van der Waals surface area contributed by atoms with Crippen LogP contribution in [0.1, 0.15) is 65.3 Å². The van der Waals surface area contributed by atoms with Crippen LogP contribution in [0.2, 0.25) is 5.02 Å². The Kier molecular flexibility index (Phi) is 6.15. The number of hydrogen-bond acceptors (Lipinski definition) is 4. The summed E-state index contributed by atoms with van der Waals surface area (Å²) >= 11 is 7.41. The summed E-state index contributed by atoms with van der Waals surface area (Å²) in [5.41, 5.74) is 2.27. The summed E-state index contributed by atoms with van der Waals surface area (Å²) in [4.78, 5) is 26.5. The number of fused-ring (bicyclic) bond motifs is 1. The van der Waals surface area contributed by atoms with Crippen molar-refractivity contribution in [2.75, 3.05) is 11.9 Å². The zero-order valence-corrected chi connectivity index (χ0v) is 18.3. The minimum Gasteiger partial charge on any atom is -0.462 e. The Balaban J connectivity index is 1.93. The molecule has 0 saturated carbocycles. The molecular weight excluding hydrogens is 394 g/mol. The van der Waals surface area contributed by atoms with Gasteiger partial charge in [0.1, 0.15) is 5.00 Å². The lowest BCUT2D eigenvalue weighted by atomic mass is 9.72. The van der Waals surface area contributed by atoms with Crippen LogP contribution in [0, 0.1) is 11.3 Å². The number of halogens is 1. The van der Waals surface area contributed by atoms with Gasteiger partial charge in [0.2, 0.25) is 0 Å². The lowest BCUT2D eigenvalue weighted by Crippen LogP contribution is -2.26. The van der Waals surface area contributed by atoms with E-state index in [9.17, 15) is 9.59 Å². The summed E-state index contributed by atoms with van der Waals surface area (Å²) < 4.78 is 5.29. The Labute approximate surface area is 175 Å². The SMILES string of the molecule is CCOC(=O)c1c(NC(=O)c2ccc(Cl)cc2)sc2c1CC[C@H](C(C)(C)C)C2. The first-order chi connectivity index (χ1) is 13.2. The van der Waals surface area contributed by atoms with Crippen LogP contribution in [0.15, 0.2) is 24.3 Å². The van der Waals surface area contributed by atoms with Crippen LogP contribution >= 0.6 is 22.9 Å². The van der Waals surface area contributed by atoms with Crippen molar-refractivity contribution in [2.24, 2.45) is 11.3 Å². The Hall–Kier alpha value is -1.85. The number of amides is 1. The van der Waals surface area contributed by atoms with E-state index in [0.717, 1.165) is 24.8 Å². The van der Waals surface area contributed by atoms with Crippen molar-refractivity contribution in [2.45, 2.75) is 47.0 Å². The average Bonchev–Trinajstić information content (AvgIpc) is 2.98. The molecule has 0 fully saturated rings. The van der Waals surface area contributed by atoms with Gasteiger partial charge in [-0.05, 0) is 67.3 Å². The Morgan fingerprint density at radius 2 is 1.93 bits per heavy atom. The predicted molar refractivity (Wildman–Crippen MR) is 115 cm³/mol. The number of nitrogens with one attached hydrogen (secondary N) is 1. The molecule has 0 bridgehead atoms. The van der Waals surface area contributed by atoms with E-state index in [0.29, 0.717) is 33.7 Å². The molecule has 1 aliphatic rings. The summed E-state index contributed by atoms with van der Waals surface area (Å²) in [5.74, 6) is -0.0673. The largest absolute Gasteiger partial charge is 0.462 e. The molecule has 6 heteroatoms. The van der Waals surface area contributed by atoms with Gasteiger partial charge in [-0.3, -0.25) is 4.79 Å². The maximum Gasteiger partial charge on any atom is 0.341 e. The van der Waals surface area contributed by atoms with Crippen LogP contribution in [0.5, 0.6) is 0 Å². The number of benzene rings is 1. The number of rotatable bonds is 4. The van der Waals surface area contributed by atoms with Crippen molar-refractivity contribution >= 4 is 39.8 Å². The van der Waals surface area contributed by atoms with Gasteiger partial charge in [-0.25, -0.2) is 4.79 Å². The molecule has 1 aliphatic carbocycles. The van der Waals surface area contributed by atoms with E-state index >= 15 is 0 Å². The number of carbonyl (C=O) groups excluding carboxylic acids is 2. The van der Waals surface area contributed by atoms with E-state index in [-0.39, 0.29) is 17.3 Å².